The molecule has 2 amide bonds. The summed E-state index contributed by atoms with van der Waals surface area (Å²) in [6.07, 6.45) is 4.54. The van der Waals surface area contributed by atoms with Crippen LogP contribution in [0.15, 0.2) is 24.3 Å². The molecule has 1 aromatic heterocycles. The average Bonchev–Trinajstić information content (AvgIpc) is 3.06. The maximum atomic E-state index is 12.4. The molecule has 1 atom stereocenters. The Hall–Kier alpha value is -2.14. The molecular formula is C21H26N2O2S. The van der Waals surface area contributed by atoms with Crippen molar-refractivity contribution in [1.82, 2.24) is 5.32 Å². The first-order chi connectivity index (χ1) is 12.5. The summed E-state index contributed by atoms with van der Waals surface area (Å²) < 4.78 is 0. The number of fused-ring (bicyclic) bond motifs is 1. The first kappa shape index (κ1) is 18.6. The fourth-order valence-electron chi connectivity index (χ4n) is 3.50. The van der Waals surface area contributed by atoms with Crippen LogP contribution in [0, 0.1) is 19.8 Å². The Kier molecular flexibility index (Phi) is 5.77. The van der Waals surface area contributed by atoms with Crippen LogP contribution in [0.25, 0.3) is 0 Å². The summed E-state index contributed by atoms with van der Waals surface area (Å²) in [6.45, 7) is 6.12. The Morgan fingerprint density at radius 1 is 1.23 bits per heavy atom. The van der Waals surface area contributed by atoms with Gasteiger partial charge in [-0.05, 0) is 61.8 Å². The number of rotatable bonds is 5. The summed E-state index contributed by atoms with van der Waals surface area (Å²) in [4.78, 5) is 26.7. The highest BCUT2D eigenvalue weighted by Crippen LogP contribution is 2.33. The minimum atomic E-state index is -0.205. The van der Waals surface area contributed by atoms with Crippen molar-refractivity contribution in [2.45, 2.75) is 46.5 Å². The second-order valence-electron chi connectivity index (χ2n) is 7.07. The third-order valence-corrected chi connectivity index (χ3v) is 6.38. The first-order valence-electron chi connectivity index (χ1n) is 9.23. The van der Waals surface area contributed by atoms with Gasteiger partial charge < -0.3 is 10.6 Å². The van der Waals surface area contributed by atoms with Gasteiger partial charge in [-0.2, -0.15) is 0 Å². The van der Waals surface area contributed by atoms with Crippen molar-refractivity contribution in [3.05, 3.63) is 50.7 Å². The van der Waals surface area contributed by atoms with Gasteiger partial charge in [0.25, 0.3) is 5.91 Å². The predicted octanol–water partition coefficient (Wildman–Crippen LogP) is 4.25. The quantitative estimate of drug-likeness (QED) is 0.827. The lowest BCUT2D eigenvalue weighted by Gasteiger charge is -2.19. The van der Waals surface area contributed by atoms with E-state index in [1.807, 2.05) is 38.1 Å². The second-order valence-corrected chi connectivity index (χ2v) is 8.21. The molecule has 1 aliphatic carbocycles. The molecule has 1 heterocycles. The van der Waals surface area contributed by atoms with Crippen LogP contribution in [-0.4, -0.2) is 18.4 Å². The molecule has 1 aromatic carbocycles. The first-order valence-corrected chi connectivity index (χ1v) is 10.1. The number of nitrogens with one attached hydrogen (secondary N) is 2. The molecule has 0 spiro atoms. The van der Waals surface area contributed by atoms with Crippen LogP contribution in [0.5, 0.6) is 0 Å². The smallest absolute Gasteiger partial charge is 0.261 e. The minimum Gasteiger partial charge on any atom is -0.342 e. The Morgan fingerprint density at radius 2 is 1.96 bits per heavy atom. The monoisotopic (exact) mass is 370 g/mol. The molecule has 0 bridgehead atoms. The van der Waals surface area contributed by atoms with Gasteiger partial charge >= 0.3 is 0 Å². The number of thiophene rings is 1. The maximum absolute atomic E-state index is 12.4. The summed E-state index contributed by atoms with van der Waals surface area (Å²) >= 11 is 1.57. The molecule has 2 aromatic rings. The number of para-hydroxylation sites is 1. The zero-order valence-corrected chi connectivity index (χ0v) is 16.5. The van der Waals surface area contributed by atoms with E-state index in [1.54, 1.807) is 11.3 Å². The van der Waals surface area contributed by atoms with Crippen LogP contribution in [0.1, 0.15) is 51.0 Å². The standard InChI is InChI=1S/C21H26N2O2S/c1-4-15-8-9-17-16(10-15)11-18(26-17)21(25)22-12-19(24)23-20-13(2)6-5-7-14(20)3/h5-7,11,15H,4,8-10,12H2,1-3H3,(H,22,25)(H,23,24). The Labute approximate surface area is 159 Å². The van der Waals surface area contributed by atoms with Crippen LogP contribution in [0.3, 0.4) is 0 Å². The van der Waals surface area contributed by atoms with Crippen molar-refractivity contribution in [1.29, 1.82) is 0 Å². The highest BCUT2D eigenvalue weighted by molar-refractivity contribution is 7.14. The summed E-state index contributed by atoms with van der Waals surface area (Å²) in [5.74, 6) is 0.369. The van der Waals surface area contributed by atoms with E-state index in [0.29, 0.717) is 4.88 Å². The van der Waals surface area contributed by atoms with Crippen LogP contribution in [0.4, 0.5) is 5.69 Å². The molecule has 138 valence electrons. The van der Waals surface area contributed by atoms with Gasteiger partial charge in [-0.15, -0.1) is 11.3 Å². The number of carbonyl (C=O) groups is 2. The van der Waals surface area contributed by atoms with Crippen molar-refractivity contribution >= 4 is 28.8 Å². The lowest BCUT2D eigenvalue weighted by molar-refractivity contribution is -0.115. The van der Waals surface area contributed by atoms with Crippen molar-refractivity contribution in [2.24, 2.45) is 5.92 Å². The number of aryl methyl sites for hydroxylation is 3. The molecule has 4 nitrogen and oxygen atoms in total. The second kappa shape index (κ2) is 8.04. The van der Waals surface area contributed by atoms with E-state index in [1.165, 1.54) is 23.3 Å². The molecule has 5 heteroatoms. The maximum Gasteiger partial charge on any atom is 0.261 e. The number of hydrogen-bond donors (Lipinski definition) is 2. The van der Waals surface area contributed by atoms with Gasteiger partial charge in [0.15, 0.2) is 0 Å². The van der Waals surface area contributed by atoms with Gasteiger partial charge in [0.05, 0.1) is 11.4 Å². The highest BCUT2D eigenvalue weighted by Gasteiger charge is 2.22. The van der Waals surface area contributed by atoms with E-state index < -0.39 is 0 Å². The summed E-state index contributed by atoms with van der Waals surface area (Å²) in [5.41, 5.74) is 4.17. The van der Waals surface area contributed by atoms with Gasteiger partial charge in [0.1, 0.15) is 0 Å². The SMILES string of the molecule is CCC1CCc2sc(C(=O)NCC(=O)Nc3c(C)cccc3C)cc2C1. The van der Waals surface area contributed by atoms with Crippen LogP contribution < -0.4 is 10.6 Å². The summed E-state index contributed by atoms with van der Waals surface area (Å²) in [6, 6.07) is 7.90. The molecular weight excluding hydrogens is 344 g/mol. The van der Waals surface area contributed by atoms with Crippen LogP contribution in [-0.2, 0) is 17.6 Å². The minimum absolute atomic E-state index is 0.0211. The van der Waals surface area contributed by atoms with E-state index in [2.05, 4.69) is 17.6 Å². The zero-order valence-electron chi connectivity index (χ0n) is 15.6. The Morgan fingerprint density at radius 3 is 2.65 bits per heavy atom. The van der Waals surface area contributed by atoms with E-state index in [0.717, 1.165) is 35.6 Å². The zero-order chi connectivity index (χ0) is 18.7. The number of hydrogen-bond acceptors (Lipinski definition) is 3. The topological polar surface area (TPSA) is 58.2 Å². The predicted molar refractivity (Wildman–Crippen MR) is 107 cm³/mol. The number of anilines is 1. The van der Waals surface area contributed by atoms with Crippen LogP contribution in [0.2, 0.25) is 0 Å². The van der Waals surface area contributed by atoms with Gasteiger partial charge in [-0.25, -0.2) is 0 Å². The van der Waals surface area contributed by atoms with Crippen molar-refractivity contribution < 1.29 is 9.59 Å². The molecule has 3 rings (SSSR count). The molecule has 26 heavy (non-hydrogen) atoms. The van der Waals surface area contributed by atoms with Crippen LogP contribution >= 0.6 is 11.3 Å². The van der Waals surface area contributed by atoms with Crippen molar-refractivity contribution in [3.63, 3.8) is 0 Å². The molecule has 0 saturated carbocycles. The lowest BCUT2D eigenvalue weighted by Crippen LogP contribution is -2.32. The van der Waals surface area contributed by atoms with E-state index >= 15 is 0 Å². The van der Waals surface area contributed by atoms with Gasteiger partial charge in [-0.3, -0.25) is 9.59 Å². The normalized spacial score (nSPS) is 16.0. The summed E-state index contributed by atoms with van der Waals surface area (Å²) in [5, 5.41) is 5.65. The average molecular weight is 371 g/mol. The third kappa shape index (κ3) is 4.15. The Bertz CT molecular complexity index is 805. The van der Waals surface area contributed by atoms with E-state index in [9.17, 15) is 9.59 Å². The fourth-order valence-corrected chi connectivity index (χ4v) is 4.63. The largest absolute Gasteiger partial charge is 0.342 e. The fraction of sp³-hybridized carbons (Fsp3) is 0.429. The molecule has 0 fully saturated rings. The van der Waals surface area contributed by atoms with E-state index in [-0.39, 0.29) is 18.4 Å². The molecule has 2 N–H and O–H groups in total. The third-order valence-electron chi connectivity index (χ3n) is 5.14. The van der Waals surface area contributed by atoms with Crippen molar-refractivity contribution in [2.75, 3.05) is 11.9 Å². The molecule has 0 aliphatic heterocycles. The van der Waals surface area contributed by atoms with Crippen molar-refractivity contribution in [3.8, 4) is 0 Å². The molecule has 1 unspecified atom stereocenters. The van der Waals surface area contributed by atoms with Gasteiger partial charge in [-0.1, -0.05) is 31.5 Å². The number of carbonyl (C=O) groups excluding carboxylic acids is 2. The van der Waals surface area contributed by atoms with Gasteiger partial charge in [0.2, 0.25) is 5.91 Å². The van der Waals surface area contributed by atoms with E-state index in [4.69, 9.17) is 0 Å². The molecule has 1 aliphatic rings. The lowest BCUT2D eigenvalue weighted by atomic mass is 9.87. The molecule has 0 radical (unpaired) electrons. The van der Waals surface area contributed by atoms with Gasteiger partial charge in [0, 0.05) is 10.6 Å². The summed E-state index contributed by atoms with van der Waals surface area (Å²) in [7, 11) is 0. The highest BCUT2D eigenvalue weighted by atomic mass is 32.1. The number of amides is 2. The Balaban J connectivity index is 1.57. The molecule has 0 saturated heterocycles. The number of benzene rings is 1.